The van der Waals surface area contributed by atoms with E-state index in [2.05, 4.69) is 34.6 Å². The van der Waals surface area contributed by atoms with Crippen LogP contribution in [0.25, 0.3) is 0 Å². The van der Waals surface area contributed by atoms with Crippen molar-refractivity contribution < 1.29 is 14.6 Å². The van der Waals surface area contributed by atoms with Gasteiger partial charge in [0.05, 0.1) is 12.2 Å². The fourth-order valence-electron chi connectivity index (χ4n) is 7.80. The molecule has 4 aliphatic rings. The van der Waals surface area contributed by atoms with Gasteiger partial charge in [-0.2, -0.15) is 0 Å². The van der Waals surface area contributed by atoms with Crippen LogP contribution in [0.3, 0.4) is 0 Å². The number of allylic oxidation sites excluding steroid dienone is 1. The van der Waals surface area contributed by atoms with Gasteiger partial charge in [-0.25, -0.2) is 0 Å². The molecule has 0 bridgehead atoms. The predicted molar refractivity (Wildman–Crippen MR) is 116 cm³/mol. The molecule has 0 aromatic rings. The molecule has 0 radical (unpaired) electrons. The third-order valence-electron chi connectivity index (χ3n) is 9.64. The van der Waals surface area contributed by atoms with Crippen molar-refractivity contribution in [1.29, 1.82) is 0 Å². The summed E-state index contributed by atoms with van der Waals surface area (Å²) in [4.78, 5) is 13.4. The topological polar surface area (TPSA) is 46.5 Å². The number of hydrogen-bond acceptors (Lipinski definition) is 3. The molecule has 0 amide bonds. The Kier molecular flexibility index (Phi) is 5.79. The van der Waals surface area contributed by atoms with Gasteiger partial charge >= 0.3 is 0 Å². The lowest BCUT2D eigenvalue weighted by atomic mass is 9.47. The summed E-state index contributed by atoms with van der Waals surface area (Å²) in [5.41, 5.74) is 1.59. The zero-order valence-electron chi connectivity index (χ0n) is 19.2. The molecule has 0 unspecified atom stereocenters. The van der Waals surface area contributed by atoms with Crippen molar-refractivity contribution >= 4 is 5.78 Å². The summed E-state index contributed by atoms with van der Waals surface area (Å²) in [5.74, 6) is 2.76. The van der Waals surface area contributed by atoms with Gasteiger partial charge in [0.2, 0.25) is 0 Å². The van der Waals surface area contributed by atoms with Gasteiger partial charge in [-0.3, -0.25) is 4.79 Å². The Labute approximate surface area is 177 Å². The van der Waals surface area contributed by atoms with Crippen LogP contribution in [0.15, 0.2) is 11.6 Å². The Morgan fingerprint density at radius 3 is 2.59 bits per heavy atom. The van der Waals surface area contributed by atoms with Crippen molar-refractivity contribution in [2.75, 3.05) is 6.61 Å². The molecule has 29 heavy (non-hydrogen) atoms. The zero-order chi connectivity index (χ0) is 21.0. The summed E-state index contributed by atoms with van der Waals surface area (Å²) >= 11 is 0. The van der Waals surface area contributed by atoms with Crippen molar-refractivity contribution in [3.63, 3.8) is 0 Å². The number of aliphatic hydroxyl groups is 1. The van der Waals surface area contributed by atoms with Gasteiger partial charge in [0.15, 0.2) is 5.78 Å². The summed E-state index contributed by atoms with van der Waals surface area (Å²) in [7, 11) is 0. The average Bonchev–Trinajstić information content (AvgIpc) is 3.00. The smallest absolute Gasteiger partial charge is 0.159 e. The van der Waals surface area contributed by atoms with Crippen molar-refractivity contribution in [2.45, 2.75) is 98.2 Å². The van der Waals surface area contributed by atoms with Gasteiger partial charge in [-0.1, -0.05) is 33.3 Å². The summed E-state index contributed by atoms with van der Waals surface area (Å²) in [5, 5.41) is 10.2. The Morgan fingerprint density at radius 2 is 1.86 bits per heavy atom. The first kappa shape index (κ1) is 21.6. The van der Waals surface area contributed by atoms with Gasteiger partial charge in [0.1, 0.15) is 0 Å². The van der Waals surface area contributed by atoms with Crippen molar-refractivity contribution in [3.05, 3.63) is 11.6 Å². The molecule has 0 spiro atoms. The van der Waals surface area contributed by atoms with E-state index in [0.29, 0.717) is 35.9 Å². The molecule has 1 N–H and O–H groups in total. The molecule has 8 atom stereocenters. The average molecular weight is 403 g/mol. The number of aliphatic hydroxyl groups excluding tert-OH is 1. The Morgan fingerprint density at radius 1 is 1.10 bits per heavy atom. The number of carbonyl (C=O) groups is 1. The second-order valence-electron chi connectivity index (χ2n) is 11.6. The maximum Gasteiger partial charge on any atom is 0.159 e. The van der Waals surface area contributed by atoms with E-state index in [4.69, 9.17) is 4.74 Å². The number of carbonyl (C=O) groups excluding carboxylic acids is 1. The van der Waals surface area contributed by atoms with Crippen LogP contribution >= 0.6 is 0 Å². The molecule has 3 fully saturated rings. The third kappa shape index (κ3) is 3.55. The van der Waals surface area contributed by atoms with E-state index in [1.807, 2.05) is 6.08 Å². The monoisotopic (exact) mass is 402 g/mol. The molecule has 3 saturated carbocycles. The largest absolute Gasteiger partial charge is 0.393 e. The highest BCUT2D eigenvalue weighted by Crippen LogP contribution is 2.66. The summed E-state index contributed by atoms with van der Waals surface area (Å²) in [6, 6.07) is 0. The fourth-order valence-corrected chi connectivity index (χ4v) is 7.80. The van der Waals surface area contributed by atoms with Crippen LogP contribution in [0.2, 0.25) is 0 Å². The standard InChI is InChI=1S/C26H42O3/c1-16(2)10-13-29-17(3)20-6-7-21-24-22(9-12-26(20,21)5)25(4)11-8-19(27)14-18(25)15-23(24)28/h15-17,19-22,24,27H,6-14H2,1-5H3/t17-,19-,20+,21-,22-,24-,25-,26+/m0/s1. The molecule has 4 rings (SSSR count). The summed E-state index contributed by atoms with van der Waals surface area (Å²) in [6.07, 6.45) is 10.5. The highest BCUT2D eigenvalue weighted by Gasteiger charge is 2.61. The summed E-state index contributed by atoms with van der Waals surface area (Å²) < 4.78 is 6.31. The highest BCUT2D eigenvalue weighted by atomic mass is 16.5. The molecular formula is C26H42O3. The molecule has 0 aromatic heterocycles. The van der Waals surface area contributed by atoms with E-state index >= 15 is 0 Å². The van der Waals surface area contributed by atoms with Gasteiger partial charge < -0.3 is 9.84 Å². The maximum absolute atomic E-state index is 13.4. The van der Waals surface area contributed by atoms with E-state index in [0.717, 1.165) is 32.3 Å². The van der Waals surface area contributed by atoms with Crippen molar-refractivity contribution in [3.8, 4) is 0 Å². The van der Waals surface area contributed by atoms with E-state index in [9.17, 15) is 9.90 Å². The number of fused-ring (bicyclic) bond motifs is 5. The number of rotatable bonds is 5. The second kappa shape index (κ2) is 7.79. The second-order valence-corrected chi connectivity index (χ2v) is 11.6. The number of ether oxygens (including phenoxy) is 1. The van der Waals surface area contributed by atoms with Crippen LogP contribution < -0.4 is 0 Å². The molecule has 3 nitrogen and oxygen atoms in total. The lowest BCUT2D eigenvalue weighted by molar-refractivity contribution is -0.137. The molecule has 0 saturated heterocycles. The first-order chi connectivity index (χ1) is 13.7. The van der Waals surface area contributed by atoms with E-state index in [1.165, 1.54) is 24.8 Å². The molecule has 0 aliphatic heterocycles. The van der Waals surface area contributed by atoms with E-state index in [-0.39, 0.29) is 29.0 Å². The molecule has 3 heteroatoms. The van der Waals surface area contributed by atoms with Crippen LogP contribution in [0, 0.1) is 40.4 Å². The molecular weight excluding hydrogens is 360 g/mol. The minimum absolute atomic E-state index is 0.122. The van der Waals surface area contributed by atoms with Gasteiger partial charge in [-0.05, 0) is 98.9 Å². The van der Waals surface area contributed by atoms with Gasteiger partial charge in [-0.15, -0.1) is 0 Å². The third-order valence-corrected chi connectivity index (χ3v) is 9.64. The Bertz CT molecular complexity index is 667. The van der Waals surface area contributed by atoms with Crippen LogP contribution in [0.5, 0.6) is 0 Å². The quantitative estimate of drug-likeness (QED) is 0.655. The fraction of sp³-hybridized carbons (Fsp3) is 0.885. The molecule has 0 aromatic carbocycles. The van der Waals surface area contributed by atoms with Crippen LogP contribution in [-0.4, -0.2) is 29.7 Å². The van der Waals surface area contributed by atoms with Crippen LogP contribution in [0.1, 0.15) is 86.0 Å². The van der Waals surface area contributed by atoms with Crippen molar-refractivity contribution in [2.24, 2.45) is 40.4 Å². The van der Waals surface area contributed by atoms with Crippen molar-refractivity contribution in [1.82, 2.24) is 0 Å². The minimum atomic E-state index is -0.257. The normalized spacial score (nSPS) is 45.4. The zero-order valence-corrected chi connectivity index (χ0v) is 19.2. The number of hydrogen-bond donors (Lipinski definition) is 1. The minimum Gasteiger partial charge on any atom is -0.393 e. The lowest BCUT2D eigenvalue weighted by Gasteiger charge is -2.57. The van der Waals surface area contributed by atoms with Gasteiger partial charge in [0.25, 0.3) is 0 Å². The highest BCUT2D eigenvalue weighted by molar-refractivity contribution is 5.94. The maximum atomic E-state index is 13.4. The van der Waals surface area contributed by atoms with Gasteiger partial charge in [0, 0.05) is 12.5 Å². The summed E-state index contributed by atoms with van der Waals surface area (Å²) in [6.45, 7) is 12.5. The molecule has 4 aliphatic carbocycles. The SMILES string of the molecule is CC(C)CCO[C@@H](C)[C@H]1CC[C@H]2[C@@H]3C(=O)C=C4C[C@@H](O)CC[C@]4(C)[C@H]3CC[C@]12C. The first-order valence-corrected chi connectivity index (χ1v) is 12.2. The first-order valence-electron chi connectivity index (χ1n) is 12.2. The lowest BCUT2D eigenvalue weighted by Crippen LogP contribution is -2.54. The van der Waals surface area contributed by atoms with Crippen LogP contribution in [0.4, 0.5) is 0 Å². The van der Waals surface area contributed by atoms with E-state index in [1.54, 1.807) is 0 Å². The van der Waals surface area contributed by atoms with E-state index < -0.39 is 0 Å². The Hall–Kier alpha value is -0.670. The molecule has 164 valence electrons. The Balaban J connectivity index is 1.54. The van der Waals surface area contributed by atoms with Crippen LogP contribution in [-0.2, 0) is 9.53 Å². The predicted octanol–water partition coefficient (Wildman–Crippen LogP) is 5.56. The number of ketones is 1. The molecule has 0 heterocycles.